The monoisotopic (exact) mass is 415 g/mol. The van der Waals surface area contributed by atoms with Crippen LogP contribution >= 0.6 is 11.8 Å². The smallest absolute Gasteiger partial charge is 0.461 e. The lowest BCUT2D eigenvalue weighted by Crippen LogP contribution is -2.33. The van der Waals surface area contributed by atoms with Gasteiger partial charge >= 0.3 is 12.5 Å². The zero-order valence-corrected chi connectivity index (χ0v) is 16.0. The Morgan fingerprint density at radius 2 is 2.00 bits per heavy atom. The van der Waals surface area contributed by atoms with E-state index in [9.17, 15) is 17.6 Å². The number of hydrogen-bond acceptors (Lipinski definition) is 5. The number of imidazole rings is 1. The first-order valence-corrected chi connectivity index (χ1v) is 9.16. The minimum Gasteiger partial charge on any atom is -0.496 e. The van der Waals surface area contributed by atoms with Crippen molar-refractivity contribution >= 4 is 22.8 Å². The quantitative estimate of drug-likeness (QED) is 0.429. The number of fused-ring (bicyclic) bond motifs is 1. The zero-order chi connectivity index (χ0) is 20.5. The molecule has 0 aliphatic carbocycles. The minimum absolute atomic E-state index is 0.330. The van der Waals surface area contributed by atoms with Crippen molar-refractivity contribution in [1.82, 2.24) is 15.0 Å². The van der Waals surface area contributed by atoms with Crippen molar-refractivity contribution in [2.24, 2.45) is 0 Å². The van der Waals surface area contributed by atoms with Gasteiger partial charge in [-0.1, -0.05) is 11.8 Å². The van der Waals surface area contributed by atoms with E-state index in [-0.39, 0.29) is 5.75 Å². The predicted molar refractivity (Wildman–Crippen MR) is 97.5 cm³/mol. The van der Waals surface area contributed by atoms with Crippen LogP contribution in [0.2, 0.25) is 0 Å². The summed E-state index contributed by atoms with van der Waals surface area (Å²) in [5, 5.41) is 0.536. The van der Waals surface area contributed by atoms with Crippen molar-refractivity contribution < 1.29 is 27.0 Å². The number of alkyl halides is 4. The molecule has 0 bridgehead atoms. The SMILES string of the molecule is COc1c(C)cnc(CSc2nc3cc(OC(F)(F)C(F)F)ccc3[nH]2)c1C. The molecule has 1 aromatic carbocycles. The number of H-pyrrole nitrogens is 1. The van der Waals surface area contributed by atoms with Crippen LogP contribution in [0.1, 0.15) is 16.8 Å². The highest BCUT2D eigenvalue weighted by Crippen LogP contribution is 2.31. The van der Waals surface area contributed by atoms with E-state index < -0.39 is 12.5 Å². The van der Waals surface area contributed by atoms with E-state index in [1.165, 1.54) is 30.0 Å². The Morgan fingerprint density at radius 1 is 1.25 bits per heavy atom. The Labute approximate surface area is 162 Å². The predicted octanol–water partition coefficient (Wildman–Crippen LogP) is 5.11. The van der Waals surface area contributed by atoms with Crippen LogP contribution in [0.5, 0.6) is 11.5 Å². The first kappa shape index (κ1) is 20.2. The molecular formula is C18H17F4N3O2S. The molecule has 0 fully saturated rings. The molecule has 0 amide bonds. The molecule has 0 saturated heterocycles. The van der Waals surface area contributed by atoms with Crippen molar-refractivity contribution in [2.45, 2.75) is 37.3 Å². The van der Waals surface area contributed by atoms with Crippen LogP contribution in [-0.2, 0) is 5.75 Å². The maximum Gasteiger partial charge on any atom is 0.461 e. The maximum absolute atomic E-state index is 13.1. The number of benzene rings is 1. The summed E-state index contributed by atoms with van der Waals surface area (Å²) in [6, 6.07) is 3.81. The summed E-state index contributed by atoms with van der Waals surface area (Å²) in [5.74, 6) is 0.897. The molecule has 0 aliphatic heterocycles. The zero-order valence-electron chi connectivity index (χ0n) is 15.2. The van der Waals surface area contributed by atoms with Crippen LogP contribution in [0.25, 0.3) is 11.0 Å². The van der Waals surface area contributed by atoms with Gasteiger partial charge in [0.05, 0.1) is 23.8 Å². The fraction of sp³-hybridized carbons (Fsp3) is 0.333. The van der Waals surface area contributed by atoms with Crippen LogP contribution in [0.3, 0.4) is 0 Å². The van der Waals surface area contributed by atoms with E-state index in [1.54, 1.807) is 13.3 Å². The first-order valence-electron chi connectivity index (χ1n) is 8.18. The number of thioether (sulfide) groups is 1. The molecule has 150 valence electrons. The highest BCUT2D eigenvalue weighted by molar-refractivity contribution is 7.98. The summed E-state index contributed by atoms with van der Waals surface area (Å²) >= 11 is 1.37. The van der Waals surface area contributed by atoms with E-state index in [4.69, 9.17) is 4.74 Å². The van der Waals surface area contributed by atoms with Gasteiger partial charge in [-0.15, -0.1) is 0 Å². The molecule has 28 heavy (non-hydrogen) atoms. The van der Waals surface area contributed by atoms with E-state index >= 15 is 0 Å². The van der Waals surface area contributed by atoms with Crippen LogP contribution in [-0.4, -0.2) is 34.6 Å². The Hall–Kier alpha value is -2.49. The van der Waals surface area contributed by atoms with Gasteiger partial charge in [0, 0.05) is 29.1 Å². The summed E-state index contributed by atoms with van der Waals surface area (Å²) < 4.78 is 60.1. The van der Waals surface area contributed by atoms with E-state index in [2.05, 4.69) is 19.7 Å². The molecule has 1 N–H and O–H groups in total. The molecule has 0 atom stereocenters. The number of hydrogen-bond donors (Lipinski definition) is 1. The van der Waals surface area contributed by atoms with Crippen molar-refractivity contribution in [3.05, 3.63) is 41.2 Å². The molecule has 2 heterocycles. The third-order valence-corrected chi connectivity index (χ3v) is 4.92. The third-order valence-electron chi connectivity index (χ3n) is 4.04. The molecule has 0 aliphatic rings. The lowest BCUT2D eigenvalue weighted by molar-refractivity contribution is -0.253. The summed E-state index contributed by atoms with van der Waals surface area (Å²) in [4.78, 5) is 11.7. The first-order chi connectivity index (χ1) is 13.2. The van der Waals surface area contributed by atoms with Crippen LogP contribution in [0.15, 0.2) is 29.6 Å². The van der Waals surface area contributed by atoms with Gasteiger partial charge < -0.3 is 14.5 Å². The Morgan fingerprint density at radius 3 is 2.68 bits per heavy atom. The topological polar surface area (TPSA) is 60.0 Å². The molecular weight excluding hydrogens is 398 g/mol. The summed E-state index contributed by atoms with van der Waals surface area (Å²) in [7, 11) is 1.60. The average Bonchev–Trinajstić information content (AvgIpc) is 3.03. The molecule has 0 radical (unpaired) electrons. The summed E-state index contributed by atoms with van der Waals surface area (Å²) in [5.41, 5.74) is 3.59. The van der Waals surface area contributed by atoms with Gasteiger partial charge in [-0.2, -0.15) is 17.6 Å². The molecule has 2 aromatic heterocycles. The van der Waals surface area contributed by atoms with Gasteiger partial charge in [0.2, 0.25) is 0 Å². The number of halogens is 4. The normalized spacial score (nSPS) is 12.0. The largest absolute Gasteiger partial charge is 0.496 e. The molecule has 0 unspecified atom stereocenters. The lowest BCUT2D eigenvalue weighted by atomic mass is 10.1. The number of nitrogens with one attached hydrogen (secondary N) is 1. The molecule has 0 saturated carbocycles. The van der Waals surface area contributed by atoms with Gasteiger partial charge in [0.25, 0.3) is 0 Å². The van der Waals surface area contributed by atoms with Crippen molar-refractivity contribution in [2.75, 3.05) is 7.11 Å². The standard InChI is InChI=1S/C18H17F4N3O2S/c1-9-7-23-14(10(2)15(9)26-3)8-28-17-24-12-5-4-11(6-13(12)25-17)27-18(21,22)16(19)20/h4-7,16H,8H2,1-3H3,(H,24,25). The van der Waals surface area contributed by atoms with Crippen molar-refractivity contribution in [1.29, 1.82) is 0 Å². The van der Waals surface area contributed by atoms with Crippen LogP contribution < -0.4 is 9.47 Å². The molecule has 0 spiro atoms. The van der Waals surface area contributed by atoms with Crippen LogP contribution in [0.4, 0.5) is 17.6 Å². The number of nitrogens with zero attached hydrogens (tertiary/aromatic N) is 2. The van der Waals surface area contributed by atoms with Gasteiger partial charge in [-0.05, 0) is 26.0 Å². The Balaban J connectivity index is 1.76. The van der Waals surface area contributed by atoms with E-state index in [0.29, 0.717) is 21.9 Å². The van der Waals surface area contributed by atoms with Gasteiger partial charge in [0.15, 0.2) is 5.16 Å². The number of methoxy groups -OCH3 is 1. The molecule has 10 heteroatoms. The van der Waals surface area contributed by atoms with Gasteiger partial charge in [-0.3, -0.25) is 4.98 Å². The molecule has 3 rings (SSSR count). The second-order valence-electron chi connectivity index (χ2n) is 6.02. The fourth-order valence-corrected chi connectivity index (χ4v) is 3.56. The maximum atomic E-state index is 13.1. The van der Waals surface area contributed by atoms with E-state index in [0.717, 1.165) is 22.6 Å². The number of rotatable bonds is 7. The lowest BCUT2D eigenvalue weighted by Gasteiger charge is -2.16. The number of pyridine rings is 1. The second-order valence-corrected chi connectivity index (χ2v) is 6.98. The Bertz CT molecular complexity index is 994. The number of aromatic amines is 1. The third kappa shape index (κ3) is 4.16. The second kappa shape index (κ2) is 7.86. The van der Waals surface area contributed by atoms with Crippen molar-refractivity contribution in [3.8, 4) is 11.5 Å². The Kier molecular flexibility index (Phi) is 5.69. The van der Waals surface area contributed by atoms with Gasteiger partial charge in [-0.25, -0.2) is 4.98 Å². The highest BCUT2D eigenvalue weighted by atomic mass is 32.2. The number of aryl methyl sites for hydroxylation is 1. The molecule has 5 nitrogen and oxygen atoms in total. The average molecular weight is 415 g/mol. The van der Waals surface area contributed by atoms with Crippen molar-refractivity contribution in [3.63, 3.8) is 0 Å². The van der Waals surface area contributed by atoms with Gasteiger partial charge in [0.1, 0.15) is 11.5 Å². The van der Waals surface area contributed by atoms with E-state index in [1.807, 2.05) is 13.8 Å². The molecule has 3 aromatic rings. The summed E-state index contributed by atoms with van der Waals surface area (Å²) in [6.07, 6.45) is -6.75. The van der Waals surface area contributed by atoms with Crippen LogP contribution in [0, 0.1) is 13.8 Å². The summed E-state index contributed by atoms with van der Waals surface area (Å²) in [6.45, 7) is 3.83. The fourth-order valence-electron chi connectivity index (χ4n) is 2.65. The number of aromatic nitrogens is 3. The minimum atomic E-state index is -4.56. The number of ether oxygens (including phenoxy) is 2. The highest BCUT2D eigenvalue weighted by Gasteiger charge is 2.44.